The normalized spacial score (nSPS) is 27.3. The maximum absolute atomic E-state index is 11.9. The van der Waals surface area contributed by atoms with E-state index in [1.807, 2.05) is 0 Å². The Morgan fingerprint density at radius 2 is 1.88 bits per heavy atom. The maximum Gasteiger partial charge on any atom is 0.224 e. The van der Waals surface area contributed by atoms with Crippen LogP contribution in [-0.4, -0.2) is 40.1 Å². The van der Waals surface area contributed by atoms with E-state index < -0.39 is 5.60 Å². The van der Waals surface area contributed by atoms with Gasteiger partial charge >= 0.3 is 0 Å². The van der Waals surface area contributed by atoms with Crippen LogP contribution in [0.3, 0.4) is 0 Å². The van der Waals surface area contributed by atoms with Gasteiger partial charge in [-0.1, -0.05) is 19.3 Å². The number of hydrogen-bond acceptors (Lipinski definition) is 3. The highest BCUT2D eigenvalue weighted by Crippen LogP contribution is 2.30. The van der Waals surface area contributed by atoms with Crippen LogP contribution in [0.4, 0.5) is 0 Å². The highest BCUT2D eigenvalue weighted by molar-refractivity contribution is 5.78. The molecule has 0 aromatic rings. The first-order valence-corrected chi connectivity index (χ1v) is 6.19. The van der Waals surface area contributed by atoms with Crippen LogP contribution in [0, 0.1) is 0 Å². The van der Waals surface area contributed by atoms with Crippen molar-refractivity contribution in [2.75, 3.05) is 13.1 Å². The summed E-state index contributed by atoms with van der Waals surface area (Å²) in [4.78, 5) is 13.6. The van der Waals surface area contributed by atoms with Gasteiger partial charge in [-0.05, 0) is 19.8 Å². The molecule has 0 radical (unpaired) electrons. The third-order valence-electron chi connectivity index (χ3n) is 3.77. The predicted octanol–water partition coefficient (Wildman–Crippen LogP) is 0.631. The Morgan fingerprint density at radius 1 is 1.31 bits per heavy atom. The van der Waals surface area contributed by atoms with E-state index in [4.69, 9.17) is 5.73 Å². The largest absolute Gasteiger partial charge is 0.386 e. The molecule has 1 heterocycles. The van der Waals surface area contributed by atoms with Gasteiger partial charge in [0.2, 0.25) is 5.91 Å². The van der Waals surface area contributed by atoms with Crippen molar-refractivity contribution >= 4 is 5.91 Å². The summed E-state index contributed by atoms with van der Waals surface area (Å²) >= 11 is 0. The van der Waals surface area contributed by atoms with Crippen LogP contribution in [-0.2, 0) is 4.79 Å². The van der Waals surface area contributed by atoms with Crippen LogP contribution < -0.4 is 5.73 Å². The molecule has 0 atom stereocenters. The van der Waals surface area contributed by atoms with E-state index in [1.165, 1.54) is 6.42 Å². The summed E-state index contributed by atoms with van der Waals surface area (Å²) in [6.07, 6.45) is 5.89. The maximum atomic E-state index is 11.9. The molecule has 2 fully saturated rings. The van der Waals surface area contributed by atoms with Crippen LogP contribution in [0.1, 0.15) is 45.4 Å². The molecule has 0 aromatic carbocycles. The fourth-order valence-electron chi connectivity index (χ4n) is 2.80. The second-order valence-electron chi connectivity index (χ2n) is 5.85. The van der Waals surface area contributed by atoms with E-state index in [0.717, 1.165) is 25.7 Å². The number of hydrogen-bond donors (Lipinski definition) is 2. The van der Waals surface area contributed by atoms with Gasteiger partial charge in [0.25, 0.3) is 0 Å². The molecule has 3 N–H and O–H groups in total. The summed E-state index contributed by atoms with van der Waals surface area (Å²) in [7, 11) is 0. The number of β-amino-alcohol motifs (C(OH)–C–C–N with tert-alkyl or cyclic N) is 1. The summed E-state index contributed by atoms with van der Waals surface area (Å²) < 4.78 is 0. The molecule has 2 aliphatic rings. The molecule has 1 aliphatic carbocycles. The Kier molecular flexibility index (Phi) is 2.97. The second-order valence-corrected chi connectivity index (χ2v) is 5.85. The van der Waals surface area contributed by atoms with Crippen LogP contribution in [0.2, 0.25) is 0 Å². The Bertz CT molecular complexity index is 275. The summed E-state index contributed by atoms with van der Waals surface area (Å²) in [6.45, 7) is 2.68. The minimum Gasteiger partial charge on any atom is -0.386 e. The third kappa shape index (κ3) is 2.55. The minimum atomic E-state index is -0.677. The molecule has 0 aromatic heterocycles. The monoisotopic (exact) mass is 226 g/mol. The highest BCUT2D eigenvalue weighted by Gasteiger charge is 2.41. The molecule has 92 valence electrons. The molecule has 16 heavy (non-hydrogen) atoms. The predicted molar refractivity (Wildman–Crippen MR) is 61.8 cm³/mol. The zero-order valence-corrected chi connectivity index (χ0v) is 10.0. The van der Waals surface area contributed by atoms with Crippen LogP contribution in [0.5, 0.6) is 0 Å². The zero-order chi connectivity index (χ0) is 11.8. The molecule has 1 saturated heterocycles. The Balaban J connectivity index is 1.83. The van der Waals surface area contributed by atoms with Gasteiger partial charge in [0.1, 0.15) is 0 Å². The number of carbonyl (C=O) groups is 1. The molecule has 0 unspecified atom stereocenters. The summed E-state index contributed by atoms with van der Waals surface area (Å²) in [5, 5.41) is 9.58. The van der Waals surface area contributed by atoms with E-state index in [-0.39, 0.29) is 11.4 Å². The number of nitrogens with zero attached hydrogens (tertiary/aromatic N) is 1. The first-order valence-electron chi connectivity index (χ1n) is 6.19. The lowest BCUT2D eigenvalue weighted by Gasteiger charge is -2.45. The van der Waals surface area contributed by atoms with Crippen molar-refractivity contribution in [3.8, 4) is 0 Å². The van der Waals surface area contributed by atoms with Crippen LogP contribution in [0.15, 0.2) is 0 Å². The number of amides is 1. The van der Waals surface area contributed by atoms with E-state index >= 15 is 0 Å². The fraction of sp³-hybridized carbons (Fsp3) is 0.917. The standard InChI is InChI=1S/C12H22N2O2/c1-11(16)8-14(9-11)10(15)7-12(13)5-3-2-4-6-12/h16H,2-9,13H2,1H3. The molecular weight excluding hydrogens is 204 g/mol. The number of aliphatic hydroxyl groups is 1. The molecule has 4 nitrogen and oxygen atoms in total. The zero-order valence-electron chi connectivity index (χ0n) is 10.0. The second kappa shape index (κ2) is 4.00. The van der Waals surface area contributed by atoms with Crippen LogP contribution >= 0.6 is 0 Å². The molecule has 2 rings (SSSR count). The Morgan fingerprint density at radius 3 is 2.38 bits per heavy atom. The van der Waals surface area contributed by atoms with E-state index in [0.29, 0.717) is 19.5 Å². The molecule has 1 saturated carbocycles. The van der Waals surface area contributed by atoms with Gasteiger partial charge in [-0.2, -0.15) is 0 Å². The Hall–Kier alpha value is -0.610. The molecule has 4 heteroatoms. The molecule has 0 bridgehead atoms. The van der Waals surface area contributed by atoms with Gasteiger partial charge in [-0.25, -0.2) is 0 Å². The molecule has 1 amide bonds. The molecule has 0 spiro atoms. The lowest BCUT2D eigenvalue weighted by molar-refractivity contribution is -0.153. The third-order valence-corrected chi connectivity index (χ3v) is 3.77. The fourth-order valence-corrected chi connectivity index (χ4v) is 2.80. The molecule has 1 aliphatic heterocycles. The van der Waals surface area contributed by atoms with Gasteiger partial charge in [0.15, 0.2) is 0 Å². The highest BCUT2D eigenvalue weighted by atomic mass is 16.3. The van der Waals surface area contributed by atoms with Crippen molar-refractivity contribution in [1.29, 1.82) is 0 Å². The van der Waals surface area contributed by atoms with Gasteiger partial charge in [-0.15, -0.1) is 0 Å². The van der Waals surface area contributed by atoms with Crippen molar-refractivity contribution in [2.24, 2.45) is 5.73 Å². The van der Waals surface area contributed by atoms with Crippen molar-refractivity contribution < 1.29 is 9.90 Å². The topological polar surface area (TPSA) is 66.6 Å². The van der Waals surface area contributed by atoms with Crippen molar-refractivity contribution in [3.05, 3.63) is 0 Å². The first kappa shape index (κ1) is 11.9. The average Bonchev–Trinajstić information content (AvgIpc) is 2.14. The number of likely N-dealkylation sites (tertiary alicyclic amines) is 1. The van der Waals surface area contributed by atoms with E-state index in [2.05, 4.69) is 0 Å². The average molecular weight is 226 g/mol. The van der Waals surface area contributed by atoms with Crippen molar-refractivity contribution in [3.63, 3.8) is 0 Å². The first-order chi connectivity index (χ1) is 7.40. The van der Waals surface area contributed by atoms with Gasteiger partial charge in [0.05, 0.1) is 18.7 Å². The van der Waals surface area contributed by atoms with Gasteiger partial charge in [-0.3, -0.25) is 4.79 Å². The Labute approximate surface area is 96.8 Å². The summed E-state index contributed by atoms with van der Waals surface area (Å²) in [5.74, 6) is 0.107. The minimum absolute atomic E-state index is 0.107. The number of carbonyl (C=O) groups excluding carboxylic acids is 1. The van der Waals surface area contributed by atoms with Gasteiger partial charge in [0, 0.05) is 12.0 Å². The molecular formula is C12H22N2O2. The van der Waals surface area contributed by atoms with Gasteiger partial charge < -0.3 is 15.7 Å². The van der Waals surface area contributed by atoms with Crippen molar-refractivity contribution in [2.45, 2.75) is 56.6 Å². The lowest BCUT2D eigenvalue weighted by Crippen LogP contribution is -2.63. The lowest BCUT2D eigenvalue weighted by atomic mass is 9.79. The quantitative estimate of drug-likeness (QED) is 0.726. The summed E-state index contributed by atoms with van der Waals surface area (Å²) in [5.41, 5.74) is 5.28. The SMILES string of the molecule is CC1(O)CN(C(=O)CC2(N)CCCCC2)C1. The smallest absolute Gasteiger partial charge is 0.224 e. The van der Waals surface area contributed by atoms with E-state index in [9.17, 15) is 9.90 Å². The van der Waals surface area contributed by atoms with Crippen LogP contribution in [0.25, 0.3) is 0 Å². The number of rotatable bonds is 2. The summed E-state index contributed by atoms with van der Waals surface area (Å²) in [6, 6.07) is 0. The number of nitrogens with two attached hydrogens (primary N) is 1. The van der Waals surface area contributed by atoms with Crippen molar-refractivity contribution in [1.82, 2.24) is 4.90 Å². The van der Waals surface area contributed by atoms with E-state index in [1.54, 1.807) is 11.8 Å².